The standard InChI is InChI=1S/C14H21NO3/c1-14(9-16,15-11-6-7-11)10-18-13-5-3-4-12(8-13)17-2/h3-5,8,11,15-16H,6-7,9-10H2,1-2H3. The van der Waals surface area contributed by atoms with Gasteiger partial charge in [-0.3, -0.25) is 0 Å². The van der Waals surface area contributed by atoms with E-state index in [9.17, 15) is 5.11 Å². The molecule has 0 spiro atoms. The molecule has 0 aliphatic heterocycles. The van der Waals surface area contributed by atoms with Crippen molar-refractivity contribution in [1.82, 2.24) is 5.32 Å². The first-order chi connectivity index (χ1) is 8.65. The Morgan fingerprint density at radius 1 is 1.39 bits per heavy atom. The first-order valence-electron chi connectivity index (χ1n) is 6.31. The smallest absolute Gasteiger partial charge is 0.123 e. The first-order valence-corrected chi connectivity index (χ1v) is 6.31. The second kappa shape index (κ2) is 5.59. The fraction of sp³-hybridized carbons (Fsp3) is 0.571. The first kappa shape index (κ1) is 13.2. The number of hydrogen-bond acceptors (Lipinski definition) is 4. The van der Waals surface area contributed by atoms with E-state index in [1.54, 1.807) is 7.11 Å². The maximum absolute atomic E-state index is 9.47. The van der Waals surface area contributed by atoms with Crippen molar-refractivity contribution in [3.63, 3.8) is 0 Å². The number of hydrogen-bond donors (Lipinski definition) is 2. The molecule has 1 aromatic carbocycles. The predicted molar refractivity (Wildman–Crippen MR) is 70.1 cm³/mol. The summed E-state index contributed by atoms with van der Waals surface area (Å²) in [5, 5.41) is 12.9. The van der Waals surface area contributed by atoms with Crippen LogP contribution in [0, 0.1) is 0 Å². The van der Waals surface area contributed by atoms with Crippen LogP contribution in [-0.4, -0.2) is 37.0 Å². The fourth-order valence-electron chi connectivity index (χ4n) is 1.79. The van der Waals surface area contributed by atoms with Gasteiger partial charge >= 0.3 is 0 Å². The van der Waals surface area contributed by atoms with Crippen molar-refractivity contribution in [3.8, 4) is 11.5 Å². The van der Waals surface area contributed by atoms with Crippen molar-refractivity contribution in [1.29, 1.82) is 0 Å². The van der Waals surface area contributed by atoms with Gasteiger partial charge in [0.15, 0.2) is 0 Å². The number of aliphatic hydroxyl groups is 1. The Kier molecular flexibility index (Phi) is 4.09. The van der Waals surface area contributed by atoms with Crippen molar-refractivity contribution in [2.24, 2.45) is 0 Å². The lowest BCUT2D eigenvalue weighted by molar-refractivity contribution is 0.114. The SMILES string of the molecule is COc1cccc(OCC(C)(CO)NC2CC2)c1. The van der Waals surface area contributed by atoms with Gasteiger partial charge in [-0.2, -0.15) is 0 Å². The van der Waals surface area contributed by atoms with Crippen LogP contribution in [0.3, 0.4) is 0 Å². The highest BCUT2D eigenvalue weighted by molar-refractivity contribution is 5.32. The molecule has 1 aliphatic rings. The Morgan fingerprint density at radius 3 is 2.72 bits per heavy atom. The van der Waals surface area contributed by atoms with Gasteiger partial charge in [-0.15, -0.1) is 0 Å². The minimum Gasteiger partial charge on any atom is -0.497 e. The van der Waals surface area contributed by atoms with Crippen LogP contribution >= 0.6 is 0 Å². The summed E-state index contributed by atoms with van der Waals surface area (Å²) in [5.74, 6) is 1.53. The van der Waals surface area contributed by atoms with Gasteiger partial charge < -0.3 is 19.9 Å². The molecule has 0 bridgehead atoms. The summed E-state index contributed by atoms with van der Waals surface area (Å²) in [4.78, 5) is 0. The van der Waals surface area contributed by atoms with Gasteiger partial charge in [0.25, 0.3) is 0 Å². The molecule has 0 saturated heterocycles. The molecule has 0 aromatic heterocycles. The van der Waals surface area contributed by atoms with Crippen LogP contribution in [0.5, 0.6) is 11.5 Å². The quantitative estimate of drug-likeness (QED) is 0.772. The molecule has 1 fully saturated rings. The van der Waals surface area contributed by atoms with Gasteiger partial charge in [0.2, 0.25) is 0 Å². The third-order valence-electron chi connectivity index (χ3n) is 3.08. The third-order valence-corrected chi connectivity index (χ3v) is 3.08. The molecule has 18 heavy (non-hydrogen) atoms. The zero-order valence-electron chi connectivity index (χ0n) is 11.0. The predicted octanol–water partition coefficient (Wildman–Crippen LogP) is 1.58. The van der Waals surface area contributed by atoms with E-state index in [-0.39, 0.29) is 12.1 Å². The lowest BCUT2D eigenvalue weighted by Crippen LogP contribution is -2.51. The van der Waals surface area contributed by atoms with E-state index in [1.165, 1.54) is 12.8 Å². The average Bonchev–Trinajstić information content (AvgIpc) is 3.20. The van der Waals surface area contributed by atoms with Crippen molar-refractivity contribution in [2.75, 3.05) is 20.3 Å². The number of benzene rings is 1. The minimum absolute atomic E-state index is 0.0630. The molecule has 1 aromatic rings. The lowest BCUT2D eigenvalue weighted by Gasteiger charge is -2.28. The molecule has 0 heterocycles. The van der Waals surface area contributed by atoms with Crippen molar-refractivity contribution < 1.29 is 14.6 Å². The molecule has 2 rings (SSSR count). The van der Waals surface area contributed by atoms with E-state index >= 15 is 0 Å². The molecule has 2 N–H and O–H groups in total. The topological polar surface area (TPSA) is 50.7 Å². The summed E-state index contributed by atoms with van der Waals surface area (Å²) in [6.07, 6.45) is 2.38. The second-order valence-corrected chi connectivity index (χ2v) is 5.11. The van der Waals surface area contributed by atoms with Crippen LogP contribution in [0.2, 0.25) is 0 Å². The van der Waals surface area contributed by atoms with E-state index in [0.29, 0.717) is 12.6 Å². The van der Waals surface area contributed by atoms with Crippen molar-refractivity contribution >= 4 is 0 Å². The summed E-state index contributed by atoms with van der Waals surface area (Å²) < 4.78 is 10.9. The zero-order valence-corrected chi connectivity index (χ0v) is 11.0. The normalized spacial score (nSPS) is 18.2. The molecule has 4 nitrogen and oxygen atoms in total. The van der Waals surface area contributed by atoms with Gasteiger partial charge in [0.1, 0.15) is 18.1 Å². The summed E-state index contributed by atoms with van der Waals surface area (Å²) >= 11 is 0. The molecule has 1 aliphatic carbocycles. The molecule has 1 saturated carbocycles. The fourth-order valence-corrected chi connectivity index (χ4v) is 1.79. The van der Waals surface area contributed by atoms with E-state index in [2.05, 4.69) is 5.32 Å². The number of rotatable bonds is 7. The van der Waals surface area contributed by atoms with Crippen LogP contribution in [0.25, 0.3) is 0 Å². The van der Waals surface area contributed by atoms with Gasteiger partial charge in [-0.25, -0.2) is 0 Å². The van der Waals surface area contributed by atoms with E-state index in [1.807, 2.05) is 31.2 Å². The average molecular weight is 251 g/mol. The van der Waals surface area contributed by atoms with Crippen molar-refractivity contribution in [3.05, 3.63) is 24.3 Å². The Hall–Kier alpha value is -1.26. The van der Waals surface area contributed by atoms with Crippen LogP contribution < -0.4 is 14.8 Å². The largest absolute Gasteiger partial charge is 0.497 e. The number of ether oxygens (including phenoxy) is 2. The Morgan fingerprint density at radius 2 is 2.11 bits per heavy atom. The third kappa shape index (κ3) is 3.62. The maximum Gasteiger partial charge on any atom is 0.123 e. The van der Waals surface area contributed by atoms with E-state index in [0.717, 1.165) is 11.5 Å². The van der Waals surface area contributed by atoms with Crippen LogP contribution in [0.1, 0.15) is 19.8 Å². The minimum atomic E-state index is -0.385. The van der Waals surface area contributed by atoms with Gasteiger partial charge in [0.05, 0.1) is 19.3 Å². The van der Waals surface area contributed by atoms with Crippen LogP contribution in [-0.2, 0) is 0 Å². The highest BCUT2D eigenvalue weighted by atomic mass is 16.5. The molecule has 0 radical (unpaired) electrons. The van der Waals surface area contributed by atoms with E-state index in [4.69, 9.17) is 9.47 Å². The lowest BCUT2D eigenvalue weighted by atomic mass is 10.1. The zero-order chi connectivity index (χ0) is 13.0. The summed E-state index contributed by atoms with van der Waals surface area (Å²) in [6, 6.07) is 8.03. The van der Waals surface area contributed by atoms with E-state index < -0.39 is 0 Å². The van der Waals surface area contributed by atoms with Crippen LogP contribution in [0.15, 0.2) is 24.3 Å². The van der Waals surface area contributed by atoms with Crippen LogP contribution in [0.4, 0.5) is 0 Å². The molecule has 1 atom stereocenters. The van der Waals surface area contributed by atoms with Gasteiger partial charge in [0, 0.05) is 12.1 Å². The summed E-state index contributed by atoms with van der Waals surface area (Å²) in [7, 11) is 1.63. The molecular weight excluding hydrogens is 230 g/mol. The highest BCUT2D eigenvalue weighted by Crippen LogP contribution is 2.24. The number of methoxy groups -OCH3 is 1. The van der Waals surface area contributed by atoms with Gasteiger partial charge in [-0.05, 0) is 31.9 Å². The Balaban J connectivity index is 1.91. The van der Waals surface area contributed by atoms with Gasteiger partial charge in [-0.1, -0.05) is 6.07 Å². The monoisotopic (exact) mass is 251 g/mol. The maximum atomic E-state index is 9.47. The molecule has 0 amide bonds. The second-order valence-electron chi connectivity index (χ2n) is 5.11. The molecule has 1 unspecified atom stereocenters. The summed E-state index contributed by atoms with van der Waals surface area (Å²) in [6.45, 7) is 2.48. The molecular formula is C14H21NO3. The Labute approximate surface area is 108 Å². The number of nitrogens with one attached hydrogen (secondary N) is 1. The van der Waals surface area contributed by atoms with Crippen molar-refractivity contribution in [2.45, 2.75) is 31.3 Å². The molecule has 100 valence electrons. The number of aliphatic hydroxyl groups excluding tert-OH is 1. The summed E-state index contributed by atoms with van der Waals surface area (Å²) in [5.41, 5.74) is -0.385. The molecule has 4 heteroatoms. The Bertz CT molecular complexity index is 392. The highest BCUT2D eigenvalue weighted by Gasteiger charge is 2.32.